The Hall–Kier alpha value is -4.21. The Morgan fingerprint density at radius 3 is 2.17 bits per heavy atom. The van der Waals surface area contributed by atoms with Crippen LogP contribution < -0.4 is 10.6 Å². The highest BCUT2D eigenvalue weighted by Crippen LogP contribution is 2.26. The van der Waals surface area contributed by atoms with Crippen LogP contribution in [-0.4, -0.2) is 71.4 Å². The molecule has 1 saturated heterocycles. The van der Waals surface area contributed by atoms with Gasteiger partial charge in [0.2, 0.25) is 21.8 Å². The van der Waals surface area contributed by atoms with E-state index in [0.29, 0.717) is 17.5 Å². The van der Waals surface area contributed by atoms with Crippen LogP contribution in [0, 0.1) is 18.8 Å². The van der Waals surface area contributed by atoms with E-state index in [1.807, 2.05) is 6.92 Å². The highest BCUT2D eigenvalue weighted by atomic mass is 32.2. The van der Waals surface area contributed by atoms with E-state index in [1.165, 1.54) is 19.1 Å². The summed E-state index contributed by atoms with van der Waals surface area (Å²) in [6, 6.07) is 9.42. The molecule has 2 aromatic rings. The number of carbonyl (C=O) groups is 4. The lowest BCUT2D eigenvalue weighted by atomic mass is 10.0. The summed E-state index contributed by atoms with van der Waals surface area (Å²) < 4.78 is 27.5. The molecule has 1 unspecified atom stereocenters. The molecule has 0 radical (unpaired) electrons. The van der Waals surface area contributed by atoms with Gasteiger partial charge in [-0.2, -0.15) is 4.31 Å². The van der Waals surface area contributed by atoms with Crippen molar-refractivity contribution in [2.45, 2.75) is 62.6 Å². The fourth-order valence-electron chi connectivity index (χ4n) is 4.26. The average molecular weight is 570 g/mol. The number of carbonyl (C=O) groups excluding carboxylic acids is 2. The van der Waals surface area contributed by atoms with E-state index in [9.17, 15) is 32.7 Å². The van der Waals surface area contributed by atoms with E-state index in [4.69, 9.17) is 5.11 Å². The van der Waals surface area contributed by atoms with Crippen LogP contribution in [0.4, 0.5) is 0 Å². The predicted octanol–water partition coefficient (Wildman–Crippen LogP) is 1.29. The molecule has 12 heteroatoms. The second-order valence-electron chi connectivity index (χ2n) is 9.48. The maximum atomic E-state index is 13.2. The number of aryl methyl sites for hydroxylation is 1. The topological polar surface area (TPSA) is 170 Å². The lowest BCUT2D eigenvalue weighted by Crippen LogP contribution is -2.51. The van der Waals surface area contributed by atoms with Gasteiger partial charge in [0.1, 0.15) is 18.1 Å². The summed E-state index contributed by atoms with van der Waals surface area (Å²) in [6.07, 6.45) is 0.611. The molecule has 40 heavy (non-hydrogen) atoms. The maximum absolute atomic E-state index is 13.2. The molecule has 11 nitrogen and oxygen atoms in total. The lowest BCUT2D eigenvalue weighted by molar-refractivity contribution is -0.142. The third-order valence-electron chi connectivity index (χ3n) is 6.36. The number of carboxylic acid groups (broad SMARTS) is 2. The molecule has 1 heterocycles. The summed E-state index contributed by atoms with van der Waals surface area (Å²) in [5.41, 5.74) is 2.04. The highest BCUT2D eigenvalue weighted by Gasteiger charge is 2.40. The number of benzene rings is 2. The first-order valence-electron chi connectivity index (χ1n) is 12.6. The lowest BCUT2D eigenvalue weighted by Gasteiger charge is -2.25. The fraction of sp³-hybridized carbons (Fsp3) is 0.357. The Labute approximate surface area is 232 Å². The number of nitrogens with one attached hydrogen (secondary N) is 2. The fourth-order valence-corrected chi connectivity index (χ4v) is 5.92. The first-order valence-corrected chi connectivity index (χ1v) is 14.0. The molecule has 2 aromatic carbocycles. The summed E-state index contributed by atoms with van der Waals surface area (Å²) >= 11 is 0. The van der Waals surface area contributed by atoms with Gasteiger partial charge in [-0.3, -0.25) is 9.59 Å². The molecule has 2 amide bonds. The molecule has 212 valence electrons. The molecule has 0 aliphatic carbocycles. The van der Waals surface area contributed by atoms with Crippen molar-refractivity contribution in [2.24, 2.45) is 0 Å². The van der Waals surface area contributed by atoms with Gasteiger partial charge in [-0.15, -0.1) is 0 Å². The van der Waals surface area contributed by atoms with Crippen molar-refractivity contribution in [1.82, 2.24) is 14.9 Å². The van der Waals surface area contributed by atoms with E-state index < -0.39 is 51.9 Å². The van der Waals surface area contributed by atoms with Crippen molar-refractivity contribution in [3.8, 4) is 11.8 Å². The van der Waals surface area contributed by atoms with Crippen molar-refractivity contribution >= 4 is 33.8 Å². The number of nitrogens with zero attached hydrogens (tertiary/aromatic N) is 1. The second kappa shape index (κ2) is 13.2. The first-order chi connectivity index (χ1) is 18.9. The van der Waals surface area contributed by atoms with Gasteiger partial charge in [0, 0.05) is 31.9 Å². The Kier molecular flexibility index (Phi) is 10.0. The molecular formula is C28H31N3O8S. The van der Waals surface area contributed by atoms with Crippen LogP contribution in [0.5, 0.6) is 0 Å². The van der Waals surface area contributed by atoms with E-state index in [1.54, 1.807) is 36.4 Å². The monoisotopic (exact) mass is 569 g/mol. The number of hydrogen-bond acceptors (Lipinski definition) is 6. The smallest absolute Gasteiger partial charge is 0.327 e. The van der Waals surface area contributed by atoms with Crippen molar-refractivity contribution < 1.29 is 37.8 Å². The zero-order valence-electron chi connectivity index (χ0n) is 22.1. The Balaban J connectivity index is 1.66. The normalized spacial score (nSPS) is 16.7. The SMILES string of the molecule is CC(=O)NC(CC#Cc1ccc(C[C@H](NC(=O)[C@@H]2CCCN2S(=O)(=O)c2ccc(C)cc2)C(=O)O)cc1)C(=O)O. The molecular weight excluding hydrogens is 538 g/mol. The zero-order valence-corrected chi connectivity index (χ0v) is 22.9. The Bertz CT molecular complexity index is 1430. The zero-order chi connectivity index (χ0) is 29.4. The standard InChI is InChI=1S/C28H31N3O8S/c1-18-8-14-22(15-9-18)40(38,39)31-16-4-7-25(31)26(33)30-24(28(36)37)17-21-12-10-20(11-13-21)5-3-6-23(27(34)35)29-19(2)32/h8-15,23-25H,4,6-7,16-17H2,1-2H3,(H,29,32)(H,30,33)(H,34,35)(H,36,37)/t23?,24-,25-/m0/s1. The molecule has 1 aliphatic rings. The van der Waals surface area contributed by atoms with Gasteiger partial charge in [-0.1, -0.05) is 41.7 Å². The van der Waals surface area contributed by atoms with Crippen LogP contribution in [0.1, 0.15) is 42.9 Å². The average Bonchev–Trinajstić information content (AvgIpc) is 3.40. The minimum absolute atomic E-state index is 0.0458. The number of sulfonamides is 1. The summed E-state index contributed by atoms with van der Waals surface area (Å²) in [4.78, 5) is 47.4. The van der Waals surface area contributed by atoms with Gasteiger partial charge in [0.25, 0.3) is 0 Å². The quantitative estimate of drug-likeness (QED) is 0.310. The van der Waals surface area contributed by atoms with Crippen LogP contribution in [-0.2, 0) is 35.6 Å². The van der Waals surface area contributed by atoms with Gasteiger partial charge in [0.05, 0.1) is 4.90 Å². The molecule has 0 saturated carbocycles. The third kappa shape index (κ3) is 7.91. The molecule has 0 aromatic heterocycles. The number of rotatable bonds is 10. The minimum Gasteiger partial charge on any atom is -0.480 e. The van der Waals surface area contributed by atoms with E-state index in [-0.39, 0.29) is 30.7 Å². The van der Waals surface area contributed by atoms with Crippen LogP contribution in [0.25, 0.3) is 0 Å². The van der Waals surface area contributed by atoms with Crippen LogP contribution >= 0.6 is 0 Å². The first kappa shape index (κ1) is 30.3. The van der Waals surface area contributed by atoms with Crippen molar-refractivity contribution in [3.63, 3.8) is 0 Å². The maximum Gasteiger partial charge on any atom is 0.327 e. The predicted molar refractivity (Wildman–Crippen MR) is 145 cm³/mol. The van der Waals surface area contributed by atoms with Gasteiger partial charge in [-0.25, -0.2) is 18.0 Å². The molecule has 4 N–H and O–H groups in total. The molecule has 1 fully saturated rings. The Morgan fingerprint density at radius 1 is 0.975 bits per heavy atom. The highest BCUT2D eigenvalue weighted by molar-refractivity contribution is 7.89. The van der Waals surface area contributed by atoms with E-state index in [0.717, 1.165) is 9.87 Å². The molecule has 3 atom stereocenters. The number of aliphatic carboxylic acids is 2. The molecule has 0 spiro atoms. The van der Waals surface area contributed by atoms with Gasteiger partial charge in [-0.05, 0) is 49.6 Å². The molecule has 0 bridgehead atoms. The van der Waals surface area contributed by atoms with Crippen LogP contribution in [0.15, 0.2) is 53.4 Å². The Morgan fingerprint density at radius 2 is 1.60 bits per heavy atom. The second-order valence-corrected chi connectivity index (χ2v) is 11.4. The number of carboxylic acids is 2. The van der Waals surface area contributed by atoms with E-state index >= 15 is 0 Å². The van der Waals surface area contributed by atoms with Crippen LogP contribution in [0.3, 0.4) is 0 Å². The number of amides is 2. The summed E-state index contributed by atoms with van der Waals surface area (Å²) in [6.45, 7) is 3.21. The molecule has 3 rings (SSSR count). The van der Waals surface area contributed by atoms with Crippen LogP contribution in [0.2, 0.25) is 0 Å². The van der Waals surface area contributed by atoms with Gasteiger partial charge in [0.15, 0.2) is 0 Å². The van der Waals surface area contributed by atoms with Gasteiger partial charge >= 0.3 is 11.9 Å². The third-order valence-corrected chi connectivity index (χ3v) is 8.28. The van der Waals surface area contributed by atoms with Crippen molar-refractivity contribution in [2.75, 3.05) is 6.54 Å². The summed E-state index contributed by atoms with van der Waals surface area (Å²) in [5, 5.41) is 23.7. The largest absolute Gasteiger partial charge is 0.480 e. The minimum atomic E-state index is -3.93. The molecule has 1 aliphatic heterocycles. The van der Waals surface area contributed by atoms with Gasteiger partial charge < -0.3 is 20.8 Å². The van der Waals surface area contributed by atoms with E-state index in [2.05, 4.69) is 22.5 Å². The van der Waals surface area contributed by atoms with Crippen molar-refractivity contribution in [1.29, 1.82) is 0 Å². The summed E-state index contributed by atoms with van der Waals surface area (Å²) in [7, 11) is -3.93. The number of hydrogen-bond donors (Lipinski definition) is 4. The van der Waals surface area contributed by atoms with Crippen molar-refractivity contribution in [3.05, 3.63) is 65.2 Å². The summed E-state index contributed by atoms with van der Waals surface area (Å²) in [5.74, 6) is 1.89.